The molecule has 142 valence electrons. The number of hydroxylamine groups is 1. The molecule has 0 spiro atoms. The standard InChI is InChI=1S/C21H17N7O/c1-14(2)27-29-18-9-8-15(12-16(18)13-22)20-23-11-10-19-25-21(26-28(19)20)24-17-6-4-3-5-7-17/h3-12,27H,1H2,2H3,(H,24,26). The summed E-state index contributed by atoms with van der Waals surface area (Å²) in [6.45, 7) is 5.46. The second kappa shape index (κ2) is 7.70. The van der Waals surface area contributed by atoms with Gasteiger partial charge in [-0.25, -0.2) is 10.5 Å². The zero-order valence-corrected chi connectivity index (χ0v) is 15.6. The lowest BCUT2D eigenvalue weighted by molar-refractivity contribution is 0.229. The number of hydrogen-bond acceptors (Lipinski definition) is 7. The molecule has 8 nitrogen and oxygen atoms in total. The van der Waals surface area contributed by atoms with Gasteiger partial charge in [-0.3, -0.25) is 0 Å². The number of nitriles is 1. The van der Waals surface area contributed by atoms with Crippen molar-refractivity contribution in [1.29, 1.82) is 5.26 Å². The number of anilines is 2. The summed E-state index contributed by atoms with van der Waals surface area (Å²) in [5, 5.41) is 17.2. The number of hydrogen-bond donors (Lipinski definition) is 2. The molecule has 4 rings (SSSR count). The first-order valence-electron chi connectivity index (χ1n) is 8.81. The first-order valence-corrected chi connectivity index (χ1v) is 8.81. The summed E-state index contributed by atoms with van der Waals surface area (Å²) in [4.78, 5) is 14.3. The zero-order chi connectivity index (χ0) is 20.2. The van der Waals surface area contributed by atoms with E-state index < -0.39 is 0 Å². The van der Waals surface area contributed by atoms with E-state index in [1.165, 1.54) is 0 Å². The van der Waals surface area contributed by atoms with Crippen LogP contribution in [0.2, 0.25) is 0 Å². The molecule has 29 heavy (non-hydrogen) atoms. The number of para-hydroxylation sites is 1. The van der Waals surface area contributed by atoms with Crippen molar-refractivity contribution in [3.63, 3.8) is 0 Å². The number of fused-ring (bicyclic) bond motifs is 1. The van der Waals surface area contributed by atoms with Crippen LogP contribution in [0.4, 0.5) is 11.6 Å². The lowest BCUT2D eigenvalue weighted by Gasteiger charge is -2.10. The Kier molecular flexibility index (Phi) is 4.78. The van der Waals surface area contributed by atoms with E-state index in [1.54, 1.807) is 35.8 Å². The van der Waals surface area contributed by atoms with Crippen LogP contribution in [0, 0.1) is 11.3 Å². The second-order valence-electron chi connectivity index (χ2n) is 6.27. The van der Waals surface area contributed by atoms with Gasteiger partial charge in [0.2, 0.25) is 5.95 Å². The molecule has 0 bridgehead atoms. The summed E-state index contributed by atoms with van der Waals surface area (Å²) >= 11 is 0. The fourth-order valence-corrected chi connectivity index (χ4v) is 2.71. The van der Waals surface area contributed by atoms with Gasteiger partial charge >= 0.3 is 0 Å². The Morgan fingerprint density at radius 3 is 2.76 bits per heavy atom. The number of allylic oxidation sites excluding steroid dienone is 1. The molecule has 0 unspecified atom stereocenters. The van der Waals surface area contributed by atoms with Gasteiger partial charge in [0.1, 0.15) is 6.07 Å². The third kappa shape index (κ3) is 3.84. The lowest BCUT2D eigenvalue weighted by Crippen LogP contribution is -2.15. The molecule has 2 aromatic carbocycles. The van der Waals surface area contributed by atoms with Gasteiger partial charge in [0, 0.05) is 29.2 Å². The normalized spacial score (nSPS) is 10.3. The van der Waals surface area contributed by atoms with Gasteiger partial charge in [-0.2, -0.15) is 14.8 Å². The highest BCUT2D eigenvalue weighted by Crippen LogP contribution is 2.26. The van der Waals surface area contributed by atoms with Gasteiger partial charge in [-0.15, -0.1) is 5.10 Å². The molecular formula is C21H17N7O. The third-order valence-electron chi connectivity index (χ3n) is 3.98. The van der Waals surface area contributed by atoms with Crippen molar-refractivity contribution in [2.75, 3.05) is 5.32 Å². The average Bonchev–Trinajstić information content (AvgIpc) is 3.15. The van der Waals surface area contributed by atoms with E-state index in [9.17, 15) is 5.26 Å². The van der Waals surface area contributed by atoms with Crippen molar-refractivity contribution in [3.05, 3.63) is 78.6 Å². The summed E-state index contributed by atoms with van der Waals surface area (Å²) in [5.41, 5.74) is 5.88. The maximum Gasteiger partial charge on any atom is 0.247 e. The third-order valence-corrected chi connectivity index (χ3v) is 3.98. The summed E-state index contributed by atoms with van der Waals surface area (Å²) in [6, 6.07) is 18.8. The van der Waals surface area contributed by atoms with Crippen LogP contribution in [0.1, 0.15) is 12.5 Å². The Bertz CT molecular complexity index is 1220. The molecule has 0 saturated heterocycles. The van der Waals surface area contributed by atoms with Crippen LogP contribution in [0.25, 0.3) is 17.0 Å². The van der Waals surface area contributed by atoms with Gasteiger partial charge in [-0.1, -0.05) is 24.8 Å². The maximum absolute atomic E-state index is 9.49. The van der Waals surface area contributed by atoms with Gasteiger partial charge in [-0.05, 0) is 37.3 Å². The molecule has 2 heterocycles. The molecule has 0 atom stereocenters. The van der Waals surface area contributed by atoms with Crippen LogP contribution in [-0.4, -0.2) is 19.6 Å². The number of aromatic nitrogens is 4. The molecule has 8 heteroatoms. The second-order valence-corrected chi connectivity index (χ2v) is 6.27. The largest absolute Gasteiger partial charge is 0.381 e. The number of nitrogens with zero attached hydrogens (tertiary/aromatic N) is 5. The first kappa shape index (κ1) is 18.0. The van der Waals surface area contributed by atoms with Crippen LogP contribution in [0.15, 0.2) is 73.1 Å². The molecule has 0 amide bonds. The maximum atomic E-state index is 9.49. The summed E-state index contributed by atoms with van der Waals surface area (Å²) in [5.74, 6) is 1.42. The van der Waals surface area contributed by atoms with E-state index in [1.807, 2.05) is 36.4 Å². The van der Waals surface area contributed by atoms with Crippen LogP contribution in [0.3, 0.4) is 0 Å². The highest BCUT2D eigenvalue weighted by molar-refractivity contribution is 5.64. The first-order chi connectivity index (χ1) is 14.1. The van der Waals surface area contributed by atoms with Crippen LogP contribution in [0.5, 0.6) is 5.75 Å². The predicted molar refractivity (Wildman–Crippen MR) is 109 cm³/mol. The Balaban J connectivity index is 1.70. The van der Waals surface area contributed by atoms with E-state index in [-0.39, 0.29) is 0 Å². The minimum absolute atomic E-state index is 0.359. The number of nitrogens with one attached hydrogen (secondary N) is 2. The Labute approximate surface area is 167 Å². The van der Waals surface area contributed by atoms with Crippen LogP contribution >= 0.6 is 0 Å². The van der Waals surface area contributed by atoms with E-state index in [4.69, 9.17) is 4.84 Å². The molecule has 4 aromatic rings. The molecule has 0 saturated carbocycles. The summed E-state index contributed by atoms with van der Waals surface area (Å²) in [6.07, 6.45) is 1.66. The monoisotopic (exact) mass is 383 g/mol. The van der Waals surface area contributed by atoms with Crippen molar-refractivity contribution in [1.82, 2.24) is 25.1 Å². The quantitative estimate of drug-likeness (QED) is 0.488. The van der Waals surface area contributed by atoms with Crippen LogP contribution < -0.4 is 15.6 Å². The molecule has 2 aromatic heterocycles. The van der Waals surface area contributed by atoms with Crippen molar-refractivity contribution < 1.29 is 4.84 Å². The minimum atomic E-state index is 0.359. The lowest BCUT2D eigenvalue weighted by atomic mass is 10.1. The van der Waals surface area contributed by atoms with Crippen molar-refractivity contribution in [2.45, 2.75) is 6.92 Å². The van der Waals surface area contributed by atoms with Crippen LogP contribution in [-0.2, 0) is 0 Å². The Morgan fingerprint density at radius 2 is 2.00 bits per heavy atom. The molecular weight excluding hydrogens is 366 g/mol. The Hall–Kier alpha value is -4.38. The van der Waals surface area contributed by atoms with E-state index in [2.05, 4.69) is 38.5 Å². The molecule has 0 aliphatic rings. The molecule has 0 fully saturated rings. The fraction of sp³-hybridized carbons (Fsp3) is 0.0476. The number of benzene rings is 2. The Morgan fingerprint density at radius 1 is 1.17 bits per heavy atom. The van der Waals surface area contributed by atoms with Crippen molar-refractivity contribution in [3.8, 4) is 23.2 Å². The minimum Gasteiger partial charge on any atom is -0.381 e. The SMILES string of the molecule is C=C(C)NOc1ccc(-c2nccc3nc(Nc4ccccc4)nn23)cc1C#N. The van der Waals surface area contributed by atoms with Crippen molar-refractivity contribution in [2.24, 2.45) is 0 Å². The van der Waals surface area contributed by atoms with Gasteiger partial charge < -0.3 is 10.2 Å². The van der Waals surface area contributed by atoms with Gasteiger partial charge in [0.15, 0.2) is 17.2 Å². The molecule has 0 aliphatic carbocycles. The predicted octanol–water partition coefficient (Wildman–Crippen LogP) is 3.82. The zero-order valence-electron chi connectivity index (χ0n) is 15.6. The molecule has 0 radical (unpaired) electrons. The average molecular weight is 383 g/mol. The highest BCUT2D eigenvalue weighted by Gasteiger charge is 2.13. The molecule has 0 aliphatic heterocycles. The summed E-state index contributed by atoms with van der Waals surface area (Å²) < 4.78 is 1.63. The summed E-state index contributed by atoms with van der Waals surface area (Å²) in [7, 11) is 0. The van der Waals surface area contributed by atoms with E-state index >= 15 is 0 Å². The van der Waals surface area contributed by atoms with Gasteiger partial charge in [0.25, 0.3) is 0 Å². The van der Waals surface area contributed by atoms with E-state index in [0.717, 1.165) is 5.69 Å². The molecule has 2 N–H and O–H groups in total. The van der Waals surface area contributed by atoms with E-state index in [0.29, 0.717) is 40.0 Å². The highest BCUT2D eigenvalue weighted by atomic mass is 16.6. The van der Waals surface area contributed by atoms with Gasteiger partial charge in [0.05, 0.1) is 5.56 Å². The fourth-order valence-electron chi connectivity index (χ4n) is 2.71. The smallest absolute Gasteiger partial charge is 0.247 e. The topological polar surface area (TPSA) is 100 Å². The van der Waals surface area contributed by atoms with Crippen molar-refractivity contribution >= 4 is 17.3 Å². The number of rotatable bonds is 6.